The number of carbonyl (C=O) groups is 1. The summed E-state index contributed by atoms with van der Waals surface area (Å²) < 4.78 is 1.57. The van der Waals surface area contributed by atoms with E-state index >= 15 is 0 Å². The Morgan fingerprint density at radius 3 is 2.58 bits per heavy atom. The number of aromatic nitrogens is 2. The minimum atomic E-state index is -0.262. The molecule has 0 bridgehead atoms. The lowest BCUT2D eigenvalue weighted by Gasteiger charge is -2.31. The van der Waals surface area contributed by atoms with Crippen LogP contribution in [0.4, 0.5) is 0 Å². The standard InChI is InChI=1S/C20H30N4O2/c1-6-7-12-18(25)24(14-13-22(3)4)15(2)19-21-17-11-9-8-10-16(17)20(26)23(19)5/h8-11,15H,6-7,12-14H2,1-5H3. The van der Waals surface area contributed by atoms with E-state index in [1.165, 1.54) is 0 Å². The van der Waals surface area contributed by atoms with Crippen molar-refractivity contribution in [2.24, 2.45) is 7.05 Å². The molecule has 1 atom stereocenters. The zero-order chi connectivity index (χ0) is 19.3. The number of likely N-dealkylation sites (N-methyl/N-ethyl adjacent to an activating group) is 1. The van der Waals surface area contributed by atoms with Crippen LogP contribution in [0.2, 0.25) is 0 Å². The SMILES string of the molecule is CCCCC(=O)N(CCN(C)C)C(C)c1nc2ccccc2c(=O)n1C. The fourth-order valence-corrected chi connectivity index (χ4v) is 3.06. The van der Waals surface area contributed by atoms with Crippen LogP contribution in [0, 0.1) is 0 Å². The van der Waals surface area contributed by atoms with E-state index in [9.17, 15) is 9.59 Å². The van der Waals surface area contributed by atoms with Gasteiger partial charge in [-0.2, -0.15) is 0 Å². The van der Waals surface area contributed by atoms with E-state index in [1.54, 1.807) is 17.7 Å². The molecule has 0 spiro atoms. The van der Waals surface area contributed by atoms with Crippen molar-refractivity contribution in [2.75, 3.05) is 27.2 Å². The molecule has 0 N–H and O–H groups in total. The number of hydrogen-bond donors (Lipinski definition) is 0. The highest BCUT2D eigenvalue weighted by Crippen LogP contribution is 2.20. The van der Waals surface area contributed by atoms with Crippen molar-refractivity contribution >= 4 is 16.8 Å². The minimum Gasteiger partial charge on any atom is -0.332 e. The number of para-hydroxylation sites is 1. The molecule has 2 rings (SSSR count). The Morgan fingerprint density at radius 2 is 1.92 bits per heavy atom. The van der Waals surface area contributed by atoms with Crippen molar-refractivity contribution in [1.29, 1.82) is 0 Å². The van der Waals surface area contributed by atoms with Crippen LogP contribution in [0.5, 0.6) is 0 Å². The highest BCUT2D eigenvalue weighted by atomic mass is 16.2. The smallest absolute Gasteiger partial charge is 0.261 e. The molecule has 1 unspecified atom stereocenters. The van der Waals surface area contributed by atoms with Crippen LogP contribution in [-0.4, -0.2) is 52.4 Å². The van der Waals surface area contributed by atoms with Crippen molar-refractivity contribution in [2.45, 2.75) is 39.2 Å². The number of unbranched alkanes of at least 4 members (excludes halogenated alkanes) is 1. The number of fused-ring (bicyclic) bond motifs is 1. The maximum atomic E-state index is 12.8. The molecule has 1 heterocycles. The summed E-state index contributed by atoms with van der Waals surface area (Å²) in [7, 11) is 5.71. The quantitative estimate of drug-likeness (QED) is 0.728. The Hall–Kier alpha value is -2.21. The van der Waals surface area contributed by atoms with Crippen LogP contribution >= 0.6 is 0 Å². The summed E-state index contributed by atoms with van der Waals surface area (Å²) in [5.74, 6) is 0.737. The molecular formula is C20H30N4O2. The first-order valence-corrected chi connectivity index (χ1v) is 9.26. The zero-order valence-electron chi connectivity index (χ0n) is 16.5. The van der Waals surface area contributed by atoms with Gasteiger partial charge in [-0.3, -0.25) is 14.2 Å². The van der Waals surface area contributed by atoms with Crippen molar-refractivity contribution in [3.05, 3.63) is 40.4 Å². The maximum Gasteiger partial charge on any atom is 0.261 e. The Morgan fingerprint density at radius 1 is 1.23 bits per heavy atom. The first-order valence-electron chi connectivity index (χ1n) is 9.26. The van der Waals surface area contributed by atoms with Crippen LogP contribution in [0.15, 0.2) is 29.1 Å². The van der Waals surface area contributed by atoms with Crippen LogP contribution in [0.1, 0.15) is 45.0 Å². The highest BCUT2D eigenvalue weighted by molar-refractivity contribution is 5.78. The Bertz CT molecular complexity index is 813. The van der Waals surface area contributed by atoms with Gasteiger partial charge >= 0.3 is 0 Å². The largest absolute Gasteiger partial charge is 0.332 e. The number of rotatable bonds is 8. The van der Waals surface area contributed by atoms with Gasteiger partial charge in [0.15, 0.2) is 0 Å². The fraction of sp³-hybridized carbons (Fsp3) is 0.550. The van der Waals surface area contributed by atoms with Crippen LogP contribution < -0.4 is 5.56 Å². The highest BCUT2D eigenvalue weighted by Gasteiger charge is 2.24. The average molecular weight is 358 g/mol. The molecule has 26 heavy (non-hydrogen) atoms. The molecule has 142 valence electrons. The van der Waals surface area contributed by atoms with Gasteiger partial charge in [0, 0.05) is 26.6 Å². The summed E-state index contributed by atoms with van der Waals surface area (Å²) in [5.41, 5.74) is 0.594. The summed E-state index contributed by atoms with van der Waals surface area (Å²) in [6.07, 6.45) is 2.37. The molecule has 0 aliphatic heterocycles. The van der Waals surface area contributed by atoms with Gasteiger partial charge in [0.1, 0.15) is 5.82 Å². The van der Waals surface area contributed by atoms with Gasteiger partial charge in [-0.25, -0.2) is 4.98 Å². The Labute approximate surface area is 155 Å². The van der Waals surface area contributed by atoms with Crippen LogP contribution in [-0.2, 0) is 11.8 Å². The van der Waals surface area contributed by atoms with Gasteiger partial charge in [-0.15, -0.1) is 0 Å². The molecule has 1 aromatic heterocycles. The third-order valence-corrected chi connectivity index (χ3v) is 4.71. The Kier molecular flexibility index (Phi) is 6.91. The first kappa shape index (κ1) is 20.1. The van der Waals surface area contributed by atoms with Crippen molar-refractivity contribution in [1.82, 2.24) is 19.4 Å². The molecule has 0 saturated heterocycles. The van der Waals surface area contributed by atoms with Crippen LogP contribution in [0.25, 0.3) is 10.9 Å². The number of hydrogen-bond acceptors (Lipinski definition) is 4. The van der Waals surface area contributed by atoms with Crippen molar-refractivity contribution in [3.8, 4) is 0 Å². The second-order valence-electron chi connectivity index (χ2n) is 7.02. The first-order chi connectivity index (χ1) is 12.4. The normalized spacial score (nSPS) is 12.5. The molecule has 2 aromatic rings. The van der Waals surface area contributed by atoms with E-state index in [-0.39, 0.29) is 17.5 Å². The molecule has 6 heteroatoms. The number of benzene rings is 1. The molecule has 0 aliphatic carbocycles. The molecule has 0 fully saturated rings. The maximum absolute atomic E-state index is 12.8. The van der Waals surface area contributed by atoms with E-state index < -0.39 is 0 Å². The summed E-state index contributed by atoms with van der Waals surface area (Å²) in [4.78, 5) is 34.1. The number of amides is 1. The minimum absolute atomic E-state index is 0.0778. The third-order valence-electron chi connectivity index (χ3n) is 4.71. The van der Waals surface area contributed by atoms with E-state index in [0.717, 1.165) is 19.4 Å². The van der Waals surface area contributed by atoms with Crippen LogP contribution in [0.3, 0.4) is 0 Å². The van der Waals surface area contributed by atoms with Gasteiger partial charge in [0.25, 0.3) is 5.56 Å². The van der Waals surface area contributed by atoms with E-state index in [1.807, 2.05) is 44.1 Å². The molecule has 0 aliphatic rings. The number of carbonyl (C=O) groups excluding carboxylic acids is 1. The summed E-state index contributed by atoms with van der Waals surface area (Å²) in [6, 6.07) is 7.08. The monoisotopic (exact) mass is 358 g/mol. The predicted octanol–water partition coefficient (Wildman–Crippen LogP) is 2.57. The van der Waals surface area contributed by atoms with Gasteiger partial charge in [-0.05, 0) is 39.6 Å². The van der Waals surface area contributed by atoms with E-state index in [2.05, 4.69) is 11.8 Å². The fourth-order valence-electron chi connectivity index (χ4n) is 3.06. The third kappa shape index (κ3) is 4.49. The molecule has 0 saturated carbocycles. The lowest BCUT2D eigenvalue weighted by atomic mass is 10.1. The van der Waals surface area contributed by atoms with Crippen molar-refractivity contribution in [3.63, 3.8) is 0 Å². The predicted molar refractivity (Wildman–Crippen MR) is 105 cm³/mol. The molecule has 6 nitrogen and oxygen atoms in total. The van der Waals surface area contributed by atoms with Gasteiger partial charge in [0.2, 0.25) is 5.91 Å². The van der Waals surface area contributed by atoms with Gasteiger partial charge in [0.05, 0.1) is 16.9 Å². The Balaban J connectivity index is 2.41. The lowest BCUT2D eigenvalue weighted by molar-refractivity contribution is -0.133. The lowest BCUT2D eigenvalue weighted by Crippen LogP contribution is -2.40. The zero-order valence-corrected chi connectivity index (χ0v) is 16.5. The molecule has 0 radical (unpaired) electrons. The molecular weight excluding hydrogens is 328 g/mol. The van der Waals surface area contributed by atoms with Gasteiger partial charge < -0.3 is 9.80 Å². The second-order valence-corrected chi connectivity index (χ2v) is 7.02. The van der Waals surface area contributed by atoms with E-state index in [0.29, 0.717) is 29.7 Å². The molecule has 1 aromatic carbocycles. The van der Waals surface area contributed by atoms with E-state index in [4.69, 9.17) is 4.98 Å². The summed E-state index contributed by atoms with van der Waals surface area (Å²) >= 11 is 0. The molecule has 1 amide bonds. The topological polar surface area (TPSA) is 58.4 Å². The summed E-state index contributed by atoms with van der Waals surface area (Å²) in [5, 5.41) is 0.600. The van der Waals surface area contributed by atoms with Crippen molar-refractivity contribution < 1.29 is 4.79 Å². The van der Waals surface area contributed by atoms with Gasteiger partial charge in [-0.1, -0.05) is 25.5 Å². The summed E-state index contributed by atoms with van der Waals surface area (Å²) in [6.45, 7) is 5.41. The second kappa shape index (κ2) is 8.94. The number of nitrogens with zero attached hydrogens (tertiary/aromatic N) is 4. The average Bonchev–Trinajstić information content (AvgIpc) is 2.62.